The van der Waals surface area contributed by atoms with E-state index in [9.17, 15) is 14.4 Å². The zero-order valence-electron chi connectivity index (χ0n) is 15.3. The summed E-state index contributed by atoms with van der Waals surface area (Å²) in [4.78, 5) is 42.9. The molecule has 2 aromatic rings. The second-order valence-corrected chi connectivity index (χ2v) is 7.99. The number of hydrogen-bond donors (Lipinski definition) is 1. The second-order valence-electron chi connectivity index (χ2n) is 6.61. The van der Waals surface area contributed by atoms with Crippen LogP contribution in [0.3, 0.4) is 0 Å². The van der Waals surface area contributed by atoms with Crippen LogP contribution in [0.1, 0.15) is 12.8 Å². The molecule has 148 valence electrons. The summed E-state index contributed by atoms with van der Waals surface area (Å²) in [6.07, 6.45) is 2.78. The number of rotatable bonds is 6. The molecule has 0 spiro atoms. The molecule has 0 atom stereocenters. The number of likely N-dealkylation sites (tertiary alicyclic amines) is 1. The fraction of sp³-hybridized carbons (Fsp3) is 0.368. The predicted octanol–water partition coefficient (Wildman–Crippen LogP) is 2.05. The van der Waals surface area contributed by atoms with E-state index in [-0.39, 0.29) is 35.6 Å². The molecule has 7 nitrogen and oxygen atoms in total. The van der Waals surface area contributed by atoms with Crippen molar-refractivity contribution >= 4 is 46.1 Å². The van der Waals surface area contributed by atoms with Crippen molar-refractivity contribution in [1.82, 2.24) is 14.5 Å². The molecule has 2 N–H and O–H groups in total. The van der Waals surface area contributed by atoms with Gasteiger partial charge in [-0.1, -0.05) is 29.4 Å². The minimum Gasteiger partial charge on any atom is -0.369 e. The molecule has 3 rings (SSSR count). The standard InChI is InChI=1S/C19H21ClN4O3S/c1-2-7-24-18(27)14-10-13(20)3-4-15(14)22-19(24)28-11-16(25)23-8-5-12(6-9-23)17(21)26/h2-4,10,12H,1,5-9,11H2,(H2,21,26). The fourth-order valence-electron chi connectivity index (χ4n) is 3.20. The third-order valence-corrected chi connectivity index (χ3v) is 5.96. The number of carbonyl (C=O) groups is 2. The first-order valence-electron chi connectivity index (χ1n) is 8.91. The van der Waals surface area contributed by atoms with E-state index in [4.69, 9.17) is 17.3 Å². The Labute approximate surface area is 171 Å². The molecule has 0 aliphatic carbocycles. The fourth-order valence-corrected chi connectivity index (χ4v) is 4.29. The number of fused-ring (bicyclic) bond motifs is 1. The van der Waals surface area contributed by atoms with Crippen molar-refractivity contribution in [3.05, 3.63) is 46.2 Å². The lowest BCUT2D eigenvalue weighted by Gasteiger charge is -2.30. The Balaban J connectivity index is 1.76. The molecule has 9 heteroatoms. The van der Waals surface area contributed by atoms with Crippen LogP contribution in [0.15, 0.2) is 40.8 Å². The number of thioether (sulfide) groups is 1. The number of hydrogen-bond acceptors (Lipinski definition) is 5. The summed E-state index contributed by atoms with van der Waals surface area (Å²) in [6.45, 7) is 5.00. The number of amides is 2. The Bertz CT molecular complexity index is 983. The number of halogens is 1. The first-order chi connectivity index (χ1) is 13.4. The summed E-state index contributed by atoms with van der Waals surface area (Å²) in [6, 6.07) is 4.96. The maximum absolute atomic E-state index is 12.8. The summed E-state index contributed by atoms with van der Waals surface area (Å²) in [7, 11) is 0. The molecule has 28 heavy (non-hydrogen) atoms. The first kappa shape index (κ1) is 20.4. The van der Waals surface area contributed by atoms with Gasteiger partial charge >= 0.3 is 0 Å². The topological polar surface area (TPSA) is 98.3 Å². The maximum atomic E-state index is 12.8. The molecular formula is C19H21ClN4O3S. The van der Waals surface area contributed by atoms with Gasteiger partial charge in [-0.15, -0.1) is 6.58 Å². The van der Waals surface area contributed by atoms with Crippen molar-refractivity contribution in [1.29, 1.82) is 0 Å². The molecule has 2 amide bonds. The van der Waals surface area contributed by atoms with Gasteiger partial charge in [0.05, 0.1) is 16.7 Å². The smallest absolute Gasteiger partial charge is 0.262 e. The van der Waals surface area contributed by atoms with E-state index in [0.717, 1.165) is 0 Å². The predicted molar refractivity (Wildman–Crippen MR) is 110 cm³/mol. The van der Waals surface area contributed by atoms with Crippen LogP contribution in [-0.4, -0.2) is 45.1 Å². The van der Waals surface area contributed by atoms with E-state index >= 15 is 0 Å². The van der Waals surface area contributed by atoms with Crippen LogP contribution in [0.5, 0.6) is 0 Å². The minimum absolute atomic E-state index is 0.0523. The van der Waals surface area contributed by atoms with Crippen LogP contribution in [-0.2, 0) is 16.1 Å². The maximum Gasteiger partial charge on any atom is 0.262 e. The summed E-state index contributed by atoms with van der Waals surface area (Å²) in [5, 5.41) is 1.35. The van der Waals surface area contributed by atoms with Gasteiger partial charge in [0.25, 0.3) is 5.56 Å². The minimum atomic E-state index is -0.310. The molecule has 1 aromatic heterocycles. The molecule has 1 aromatic carbocycles. The monoisotopic (exact) mass is 420 g/mol. The number of benzene rings is 1. The highest BCUT2D eigenvalue weighted by Crippen LogP contribution is 2.22. The second kappa shape index (κ2) is 8.79. The number of nitrogens with two attached hydrogens (primary N) is 1. The third-order valence-electron chi connectivity index (χ3n) is 4.77. The molecule has 1 saturated heterocycles. The van der Waals surface area contributed by atoms with Crippen LogP contribution in [0.4, 0.5) is 0 Å². The van der Waals surface area contributed by atoms with E-state index < -0.39 is 0 Å². The summed E-state index contributed by atoms with van der Waals surface area (Å²) >= 11 is 7.22. The molecular weight excluding hydrogens is 400 g/mol. The van der Waals surface area contributed by atoms with E-state index in [1.54, 1.807) is 29.2 Å². The van der Waals surface area contributed by atoms with Crippen LogP contribution >= 0.6 is 23.4 Å². The molecule has 0 saturated carbocycles. The van der Waals surface area contributed by atoms with Gasteiger partial charge in [-0.25, -0.2) is 4.98 Å². The Morgan fingerprint density at radius 2 is 2.07 bits per heavy atom. The Morgan fingerprint density at radius 1 is 1.36 bits per heavy atom. The van der Waals surface area contributed by atoms with Crippen LogP contribution in [0.2, 0.25) is 5.02 Å². The van der Waals surface area contributed by atoms with Gasteiger partial charge in [0.1, 0.15) is 0 Å². The highest BCUT2D eigenvalue weighted by molar-refractivity contribution is 7.99. The largest absolute Gasteiger partial charge is 0.369 e. The molecule has 0 unspecified atom stereocenters. The van der Waals surface area contributed by atoms with Crippen molar-refractivity contribution < 1.29 is 9.59 Å². The number of carbonyl (C=O) groups excluding carboxylic acids is 2. The summed E-state index contributed by atoms with van der Waals surface area (Å²) < 4.78 is 1.49. The Kier molecular flexibility index (Phi) is 6.41. The molecule has 0 bridgehead atoms. The van der Waals surface area contributed by atoms with Gasteiger partial charge in [0.2, 0.25) is 11.8 Å². The number of nitrogens with zero attached hydrogens (tertiary/aromatic N) is 3. The van der Waals surface area contributed by atoms with Crippen molar-refractivity contribution in [3.63, 3.8) is 0 Å². The van der Waals surface area contributed by atoms with Gasteiger partial charge in [0.15, 0.2) is 5.16 Å². The van der Waals surface area contributed by atoms with Crippen molar-refractivity contribution in [2.45, 2.75) is 24.5 Å². The lowest BCUT2D eigenvalue weighted by Crippen LogP contribution is -2.42. The van der Waals surface area contributed by atoms with Gasteiger partial charge in [0, 0.05) is 30.6 Å². The van der Waals surface area contributed by atoms with E-state index in [1.165, 1.54) is 16.3 Å². The SMILES string of the molecule is C=CCn1c(SCC(=O)N2CCC(C(N)=O)CC2)nc2ccc(Cl)cc2c1=O. The zero-order valence-corrected chi connectivity index (χ0v) is 16.8. The first-order valence-corrected chi connectivity index (χ1v) is 10.3. The summed E-state index contributed by atoms with van der Waals surface area (Å²) in [5.41, 5.74) is 5.65. The lowest BCUT2D eigenvalue weighted by atomic mass is 9.96. The van der Waals surface area contributed by atoms with Gasteiger partial charge < -0.3 is 10.6 Å². The average Bonchev–Trinajstić information content (AvgIpc) is 2.69. The van der Waals surface area contributed by atoms with E-state index in [2.05, 4.69) is 11.6 Å². The zero-order chi connectivity index (χ0) is 20.3. The lowest BCUT2D eigenvalue weighted by molar-refractivity contribution is -0.132. The normalized spacial score (nSPS) is 15.0. The van der Waals surface area contributed by atoms with Gasteiger partial charge in [-0.3, -0.25) is 19.0 Å². The van der Waals surface area contributed by atoms with Crippen molar-refractivity contribution in [3.8, 4) is 0 Å². The number of piperidine rings is 1. The van der Waals surface area contributed by atoms with Gasteiger partial charge in [-0.2, -0.15) is 0 Å². The van der Waals surface area contributed by atoms with Crippen molar-refractivity contribution in [2.24, 2.45) is 11.7 Å². The highest BCUT2D eigenvalue weighted by atomic mass is 35.5. The number of primary amides is 1. The van der Waals surface area contributed by atoms with Crippen LogP contribution < -0.4 is 11.3 Å². The van der Waals surface area contributed by atoms with Crippen molar-refractivity contribution in [2.75, 3.05) is 18.8 Å². The third kappa shape index (κ3) is 4.39. The quantitative estimate of drug-likeness (QED) is 0.438. The molecule has 0 radical (unpaired) electrons. The molecule has 1 aliphatic heterocycles. The highest BCUT2D eigenvalue weighted by Gasteiger charge is 2.26. The summed E-state index contributed by atoms with van der Waals surface area (Å²) in [5.74, 6) is -0.369. The molecule has 2 heterocycles. The molecule has 1 fully saturated rings. The Morgan fingerprint density at radius 3 is 2.71 bits per heavy atom. The average molecular weight is 421 g/mol. The van der Waals surface area contributed by atoms with E-state index in [0.29, 0.717) is 47.0 Å². The van der Waals surface area contributed by atoms with Crippen LogP contribution in [0.25, 0.3) is 10.9 Å². The number of allylic oxidation sites excluding steroid dienone is 1. The van der Waals surface area contributed by atoms with Crippen LogP contribution in [0, 0.1) is 5.92 Å². The number of aromatic nitrogens is 2. The van der Waals surface area contributed by atoms with Gasteiger partial charge in [-0.05, 0) is 31.0 Å². The van der Waals surface area contributed by atoms with E-state index in [1.807, 2.05) is 0 Å². The Hall–Kier alpha value is -2.32. The molecule has 1 aliphatic rings.